The number of benzene rings is 2. The van der Waals surface area contributed by atoms with Crippen molar-refractivity contribution >= 4 is 18.0 Å². The molecule has 1 heterocycles. The Labute approximate surface area is 205 Å². The van der Waals surface area contributed by atoms with Crippen molar-refractivity contribution in [1.82, 2.24) is 15.5 Å². The average molecular weight is 480 g/mol. The van der Waals surface area contributed by atoms with Crippen molar-refractivity contribution in [1.29, 1.82) is 0 Å². The molecule has 0 radical (unpaired) electrons. The van der Waals surface area contributed by atoms with Gasteiger partial charge in [0.15, 0.2) is 0 Å². The lowest BCUT2D eigenvalue weighted by atomic mass is 9.84. The van der Waals surface area contributed by atoms with Crippen LogP contribution in [0.1, 0.15) is 43.2 Å². The number of carbonyl (C=O) groups excluding carboxylic acids is 2. The minimum Gasteiger partial charge on any atom is -0.481 e. The molecular weight excluding hydrogens is 446 g/mol. The highest BCUT2D eigenvalue weighted by atomic mass is 16.5. The van der Waals surface area contributed by atoms with Gasteiger partial charge in [-0.15, -0.1) is 0 Å². The second kappa shape index (κ2) is 10.5. The van der Waals surface area contributed by atoms with Crippen LogP contribution in [0.15, 0.2) is 48.5 Å². The molecule has 1 unspecified atom stereocenters. The van der Waals surface area contributed by atoms with E-state index in [2.05, 4.69) is 39.8 Å². The number of amides is 2. The highest BCUT2D eigenvalue weighted by Crippen LogP contribution is 2.44. The Morgan fingerprint density at radius 2 is 1.63 bits per heavy atom. The molecule has 186 valence electrons. The van der Waals surface area contributed by atoms with E-state index in [4.69, 9.17) is 9.84 Å². The number of carboxylic acid groups (broad SMARTS) is 1. The van der Waals surface area contributed by atoms with Gasteiger partial charge in [0.2, 0.25) is 5.91 Å². The lowest BCUT2D eigenvalue weighted by Crippen LogP contribution is -2.57. The van der Waals surface area contributed by atoms with E-state index in [0.29, 0.717) is 12.8 Å². The lowest BCUT2D eigenvalue weighted by molar-refractivity contribution is -0.141. The third-order valence-electron chi connectivity index (χ3n) is 7.18. The van der Waals surface area contributed by atoms with Crippen LogP contribution in [0.2, 0.25) is 0 Å². The van der Waals surface area contributed by atoms with Crippen LogP contribution in [0.3, 0.4) is 0 Å². The summed E-state index contributed by atoms with van der Waals surface area (Å²) in [7, 11) is 2.01. The Kier molecular flexibility index (Phi) is 7.40. The predicted octanol–water partition coefficient (Wildman–Crippen LogP) is 3.22. The Bertz CT molecular complexity index is 1050. The van der Waals surface area contributed by atoms with Crippen LogP contribution in [0, 0.1) is 5.92 Å². The quantitative estimate of drug-likeness (QED) is 0.537. The zero-order valence-electron chi connectivity index (χ0n) is 20.3. The molecule has 1 atom stereocenters. The minimum absolute atomic E-state index is 0.0394. The fourth-order valence-corrected chi connectivity index (χ4v) is 4.97. The van der Waals surface area contributed by atoms with Crippen LogP contribution >= 0.6 is 0 Å². The maximum atomic E-state index is 13.0. The topological polar surface area (TPSA) is 108 Å². The van der Waals surface area contributed by atoms with E-state index in [1.807, 2.05) is 31.3 Å². The van der Waals surface area contributed by atoms with Crippen molar-refractivity contribution in [2.75, 3.05) is 33.3 Å². The third-order valence-corrected chi connectivity index (χ3v) is 7.18. The highest BCUT2D eigenvalue weighted by molar-refractivity contribution is 5.80. The molecule has 2 aromatic rings. The molecule has 8 heteroatoms. The number of aliphatic carboxylic acids is 1. The molecule has 2 aliphatic rings. The molecule has 1 fully saturated rings. The van der Waals surface area contributed by atoms with Crippen LogP contribution < -0.4 is 10.6 Å². The number of carboxylic acids is 1. The normalized spacial score (nSPS) is 17.7. The number of nitrogens with zero attached hydrogens (tertiary/aromatic N) is 1. The number of fused-ring (bicyclic) bond motifs is 3. The standard InChI is InChI=1S/C27H33N3O5/c1-18(25(32)33)16-28-24(31)15-27(11-13-30(2)14-12-27)29-26(34)35-17-23-21-9-5-3-7-19(21)20-8-4-6-10-22(20)23/h3-10,18,23H,11-17H2,1-2H3,(H,28,31)(H,29,34)(H,32,33). The fourth-order valence-electron chi connectivity index (χ4n) is 4.97. The Balaban J connectivity index is 1.41. The Morgan fingerprint density at radius 1 is 1.06 bits per heavy atom. The Hall–Kier alpha value is -3.39. The third kappa shape index (κ3) is 5.65. The molecule has 1 saturated heterocycles. The van der Waals surface area contributed by atoms with Gasteiger partial charge in [0, 0.05) is 32.0 Å². The minimum atomic E-state index is -0.962. The zero-order valence-corrected chi connectivity index (χ0v) is 20.3. The van der Waals surface area contributed by atoms with E-state index in [0.717, 1.165) is 35.3 Å². The van der Waals surface area contributed by atoms with Gasteiger partial charge in [0.25, 0.3) is 0 Å². The molecule has 0 bridgehead atoms. The number of rotatable bonds is 8. The van der Waals surface area contributed by atoms with Crippen molar-refractivity contribution in [3.63, 3.8) is 0 Å². The number of nitrogens with one attached hydrogen (secondary N) is 2. The Morgan fingerprint density at radius 3 is 2.20 bits per heavy atom. The van der Waals surface area contributed by atoms with Gasteiger partial charge in [-0.1, -0.05) is 55.5 Å². The maximum Gasteiger partial charge on any atom is 0.407 e. The van der Waals surface area contributed by atoms with Crippen molar-refractivity contribution < 1.29 is 24.2 Å². The number of piperidine rings is 1. The van der Waals surface area contributed by atoms with Crippen molar-refractivity contribution in [3.05, 3.63) is 59.7 Å². The molecule has 0 aromatic heterocycles. The van der Waals surface area contributed by atoms with Crippen LogP contribution in [0.5, 0.6) is 0 Å². The molecule has 0 spiro atoms. The van der Waals surface area contributed by atoms with Crippen LogP contribution in [0.4, 0.5) is 4.79 Å². The van der Waals surface area contributed by atoms with Gasteiger partial charge in [0.1, 0.15) is 6.61 Å². The summed E-state index contributed by atoms with van der Waals surface area (Å²) < 4.78 is 5.73. The predicted molar refractivity (Wildman–Crippen MR) is 132 cm³/mol. The summed E-state index contributed by atoms with van der Waals surface area (Å²) in [6.07, 6.45) is 0.755. The monoisotopic (exact) mass is 479 g/mol. The van der Waals surface area contributed by atoms with Crippen LogP contribution in [-0.4, -0.2) is 66.8 Å². The highest BCUT2D eigenvalue weighted by Gasteiger charge is 2.38. The average Bonchev–Trinajstić information content (AvgIpc) is 3.17. The first kappa shape index (κ1) is 24.7. The first-order chi connectivity index (χ1) is 16.8. The van der Waals surface area contributed by atoms with E-state index in [1.165, 1.54) is 0 Å². The number of hydrogen-bond acceptors (Lipinski definition) is 5. The smallest absolute Gasteiger partial charge is 0.407 e. The van der Waals surface area contributed by atoms with Gasteiger partial charge in [-0.05, 0) is 42.1 Å². The first-order valence-electron chi connectivity index (χ1n) is 12.1. The number of hydrogen-bond donors (Lipinski definition) is 3. The molecule has 2 aromatic carbocycles. The van der Waals surface area contributed by atoms with Crippen molar-refractivity contribution in [2.45, 2.75) is 37.6 Å². The molecule has 8 nitrogen and oxygen atoms in total. The van der Waals surface area contributed by atoms with Gasteiger partial charge in [-0.25, -0.2) is 4.79 Å². The van der Waals surface area contributed by atoms with Gasteiger partial charge in [-0.2, -0.15) is 0 Å². The van der Waals surface area contributed by atoms with Gasteiger partial charge in [-0.3, -0.25) is 9.59 Å². The van der Waals surface area contributed by atoms with E-state index in [1.54, 1.807) is 6.92 Å². The molecule has 1 aliphatic heterocycles. The summed E-state index contributed by atoms with van der Waals surface area (Å²) in [5.74, 6) is -1.96. The second-order valence-corrected chi connectivity index (χ2v) is 9.75. The van der Waals surface area contributed by atoms with Crippen molar-refractivity contribution in [3.8, 4) is 11.1 Å². The van der Waals surface area contributed by atoms with Crippen molar-refractivity contribution in [2.24, 2.45) is 5.92 Å². The molecule has 1 aliphatic carbocycles. The summed E-state index contributed by atoms with van der Waals surface area (Å²) in [4.78, 5) is 38.8. The number of carbonyl (C=O) groups is 3. The first-order valence-corrected chi connectivity index (χ1v) is 12.1. The molecule has 4 rings (SSSR count). The van der Waals surface area contributed by atoms with Crippen LogP contribution in [-0.2, 0) is 14.3 Å². The number of ether oxygens (including phenoxy) is 1. The SMILES string of the molecule is CC(CNC(=O)CC1(NC(=O)OCC2c3ccccc3-c3ccccc32)CCN(C)CC1)C(=O)O. The zero-order chi connectivity index (χ0) is 25.0. The van der Waals surface area contributed by atoms with E-state index in [9.17, 15) is 14.4 Å². The summed E-state index contributed by atoms with van der Waals surface area (Å²) >= 11 is 0. The summed E-state index contributed by atoms with van der Waals surface area (Å²) in [5.41, 5.74) is 3.88. The summed E-state index contributed by atoms with van der Waals surface area (Å²) in [6.45, 7) is 3.28. The molecular formula is C27H33N3O5. The summed E-state index contributed by atoms with van der Waals surface area (Å²) in [5, 5.41) is 14.8. The largest absolute Gasteiger partial charge is 0.481 e. The molecule has 0 saturated carbocycles. The number of likely N-dealkylation sites (tertiary alicyclic amines) is 1. The van der Waals surface area contributed by atoms with Gasteiger partial charge >= 0.3 is 12.1 Å². The van der Waals surface area contributed by atoms with Crippen LogP contribution in [0.25, 0.3) is 11.1 Å². The maximum absolute atomic E-state index is 13.0. The van der Waals surface area contributed by atoms with Gasteiger partial charge < -0.3 is 25.4 Å². The van der Waals surface area contributed by atoms with Gasteiger partial charge in [0.05, 0.1) is 11.5 Å². The molecule has 35 heavy (non-hydrogen) atoms. The fraction of sp³-hybridized carbons (Fsp3) is 0.444. The number of alkyl carbamates (subject to hydrolysis) is 1. The lowest BCUT2D eigenvalue weighted by Gasteiger charge is -2.40. The molecule has 2 amide bonds. The van der Waals surface area contributed by atoms with E-state index in [-0.39, 0.29) is 31.4 Å². The molecule has 3 N–H and O–H groups in total. The van der Waals surface area contributed by atoms with E-state index >= 15 is 0 Å². The second-order valence-electron chi connectivity index (χ2n) is 9.75. The van der Waals surface area contributed by atoms with E-state index < -0.39 is 23.5 Å². The summed E-state index contributed by atoms with van der Waals surface area (Å²) in [6, 6.07) is 16.3.